The van der Waals surface area contributed by atoms with Crippen molar-refractivity contribution < 1.29 is 0 Å². The average Bonchev–Trinajstić information content (AvgIpc) is 3.35. The fourth-order valence-electron chi connectivity index (χ4n) is 2.98. The molecule has 2 N–H and O–H groups in total. The molecule has 0 bridgehead atoms. The molecule has 24 heavy (non-hydrogen) atoms. The maximum absolute atomic E-state index is 4.44. The van der Waals surface area contributed by atoms with Gasteiger partial charge in [-0.15, -0.1) is 0 Å². The average molecular weight is 328 g/mol. The number of aromatic nitrogens is 5. The highest BCUT2D eigenvalue weighted by Gasteiger charge is 2.22. The molecule has 2 fully saturated rings. The first-order valence-electron chi connectivity index (χ1n) is 8.67. The number of piperazine rings is 1. The predicted octanol–water partition coefficient (Wildman–Crippen LogP) is 1.05. The maximum atomic E-state index is 4.44. The summed E-state index contributed by atoms with van der Waals surface area (Å²) in [6, 6.07) is 2.07. The SMILES string of the molecule is Cc1nc(CN2CCN(c3cc(NCC4CC4)ncn3)CC2)n[nH]1. The zero-order valence-corrected chi connectivity index (χ0v) is 14.1. The molecule has 0 aromatic carbocycles. The van der Waals surface area contributed by atoms with E-state index < -0.39 is 0 Å². The summed E-state index contributed by atoms with van der Waals surface area (Å²) in [6.45, 7) is 7.66. The summed E-state index contributed by atoms with van der Waals surface area (Å²) in [6.07, 6.45) is 4.35. The number of aromatic amines is 1. The van der Waals surface area contributed by atoms with Crippen LogP contribution in [0.4, 0.5) is 11.6 Å². The molecule has 2 aromatic heterocycles. The Morgan fingerprint density at radius 2 is 2.04 bits per heavy atom. The fraction of sp³-hybridized carbons (Fsp3) is 0.625. The Morgan fingerprint density at radius 3 is 2.75 bits per heavy atom. The second kappa shape index (κ2) is 6.72. The Bertz CT molecular complexity index is 672. The van der Waals surface area contributed by atoms with Crippen molar-refractivity contribution in [1.29, 1.82) is 0 Å². The van der Waals surface area contributed by atoms with Gasteiger partial charge in [0, 0.05) is 38.8 Å². The van der Waals surface area contributed by atoms with Crippen molar-refractivity contribution in [3.05, 3.63) is 24.0 Å². The standard InChI is InChI=1S/C16H24N8/c1-12-20-15(22-21-12)10-23-4-6-24(7-5-23)16-8-14(18-11-19-16)17-9-13-2-3-13/h8,11,13H,2-7,9-10H2,1H3,(H,17,18,19)(H,20,21,22). The molecular weight excluding hydrogens is 304 g/mol. The molecule has 1 saturated heterocycles. The Balaban J connectivity index is 1.30. The van der Waals surface area contributed by atoms with Crippen molar-refractivity contribution in [3.63, 3.8) is 0 Å². The van der Waals surface area contributed by atoms with E-state index >= 15 is 0 Å². The molecule has 0 amide bonds. The van der Waals surface area contributed by atoms with Gasteiger partial charge in [0.1, 0.15) is 23.8 Å². The van der Waals surface area contributed by atoms with E-state index in [1.54, 1.807) is 6.33 Å². The smallest absolute Gasteiger partial charge is 0.164 e. The summed E-state index contributed by atoms with van der Waals surface area (Å²) < 4.78 is 0. The second-order valence-electron chi connectivity index (χ2n) is 6.69. The Hall–Kier alpha value is -2.22. The monoisotopic (exact) mass is 328 g/mol. The number of nitrogens with one attached hydrogen (secondary N) is 2. The summed E-state index contributed by atoms with van der Waals surface area (Å²) in [4.78, 5) is 17.9. The highest BCUT2D eigenvalue weighted by molar-refractivity contribution is 5.48. The van der Waals surface area contributed by atoms with Crippen LogP contribution in [0.1, 0.15) is 24.5 Å². The van der Waals surface area contributed by atoms with Crippen LogP contribution in [0.15, 0.2) is 12.4 Å². The van der Waals surface area contributed by atoms with Crippen molar-refractivity contribution in [2.45, 2.75) is 26.3 Å². The van der Waals surface area contributed by atoms with Gasteiger partial charge >= 0.3 is 0 Å². The van der Waals surface area contributed by atoms with Gasteiger partial charge in [-0.3, -0.25) is 10.00 Å². The quantitative estimate of drug-likeness (QED) is 0.819. The molecule has 4 rings (SSSR count). The lowest BCUT2D eigenvalue weighted by Crippen LogP contribution is -2.46. The molecule has 3 heterocycles. The van der Waals surface area contributed by atoms with Crippen molar-refractivity contribution >= 4 is 11.6 Å². The summed E-state index contributed by atoms with van der Waals surface area (Å²) in [5.74, 6) is 4.53. The lowest BCUT2D eigenvalue weighted by molar-refractivity contribution is 0.243. The van der Waals surface area contributed by atoms with E-state index in [1.807, 2.05) is 6.92 Å². The highest BCUT2D eigenvalue weighted by atomic mass is 15.3. The minimum atomic E-state index is 0.802. The number of hydrogen-bond donors (Lipinski definition) is 2. The summed E-state index contributed by atoms with van der Waals surface area (Å²) in [5, 5.41) is 10.5. The van der Waals surface area contributed by atoms with Gasteiger partial charge in [-0.2, -0.15) is 5.10 Å². The van der Waals surface area contributed by atoms with Gasteiger partial charge < -0.3 is 10.2 Å². The largest absolute Gasteiger partial charge is 0.370 e. The van der Waals surface area contributed by atoms with Gasteiger partial charge in [0.15, 0.2) is 5.82 Å². The molecular formula is C16H24N8. The Morgan fingerprint density at radius 1 is 1.21 bits per heavy atom. The van der Waals surface area contributed by atoms with E-state index in [4.69, 9.17) is 0 Å². The third kappa shape index (κ3) is 3.81. The van der Waals surface area contributed by atoms with Crippen LogP contribution >= 0.6 is 0 Å². The minimum absolute atomic E-state index is 0.802. The first kappa shape index (κ1) is 15.3. The van der Waals surface area contributed by atoms with E-state index in [9.17, 15) is 0 Å². The van der Waals surface area contributed by atoms with Crippen molar-refractivity contribution in [2.75, 3.05) is 42.9 Å². The molecule has 2 aliphatic rings. The topological polar surface area (TPSA) is 85.9 Å². The number of hydrogen-bond acceptors (Lipinski definition) is 7. The Labute approximate surface area is 141 Å². The molecule has 1 saturated carbocycles. The zero-order valence-electron chi connectivity index (χ0n) is 14.1. The Kier molecular flexibility index (Phi) is 4.29. The molecule has 0 spiro atoms. The zero-order chi connectivity index (χ0) is 16.4. The molecule has 8 nitrogen and oxygen atoms in total. The molecule has 2 aromatic rings. The number of anilines is 2. The van der Waals surface area contributed by atoms with Crippen LogP contribution in [0.2, 0.25) is 0 Å². The first-order chi connectivity index (χ1) is 11.8. The molecule has 1 aliphatic heterocycles. The van der Waals surface area contributed by atoms with E-state index in [1.165, 1.54) is 12.8 Å². The second-order valence-corrected chi connectivity index (χ2v) is 6.69. The van der Waals surface area contributed by atoms with Gasteiger partial charge in [0.05, 0.1) is 6.54 Å². The van der Waals surface area contributed by atoms with Crippen molar-refractivity contribution in [2.24, 2.45) is 5.92 Å². The third-order valence-corrected chi connectivity index (χ3v) is 4.63. The normalized spacial score (nSPS) is 18.8. The predicted molar refractivity (Wildman–Crippen MR) is 91.9 cm³/mol. The van der Waals surface area contributed by atoms with Gasteiger partial charge in [-0.05, 0) is 25.7 Å². The molecule has 0 atom stereocenters. The third-order valence-electron chi connectivity index (χ3n) is 4.63. The van der Waals surface area contributed by atoms with E-state index in [0.29, 0.717) is 0 Å². The van der Waals surface area contributed by atoms with Crippen LogP contribution < -0.4 is 10.2 Å². The van der Waals surface area contributed by atoms with Gasteiger partial charge in [0.2, 0.25) is 0 Å². The van der Waals surface area contributed by atoms with Gasteiger partial charge in [-0.25, -0.2) is 15.0 Å². The van der Waals surface area contributed by atoms with E-state index in [-0.39, 0.29) is 0 Å². The summed E-state index contributed by atoms with van der Waals surface area (Å²) >= 11 is 0. The number of nitrogens with zero attached hydrogens (tertiary/aromatic N) is 6. The van der Waals surface area contributed by atoms with Gasteiger partial charge in [-0.1, -0.05) is 0 Å². The van der Waals surface area contributed by atoms with E-state index in [0.717, 1.165) is 68.5 Å². The van der Waals surface area contributed by atoms with Crippen molar-refractivity contribution in [3.8, 4) is 0 Å². The van der Waals surface area contributed by atoms with Crippen LogP contribution in [-0.4, -0.2) is 62.8 Å². The fourth-order valence-corrected chi connectivity index (χ4v) is 2.98. The summed E-state index contributed by atoms with van der Waals surface area (Å²) in [7, 11) is 0. The molecule has 1 aliphatic carbocycles. The van der Waals surface area contributed by atoms with E-state index in [2.05, 4.69) is 46.3 Å². The molecule has 0 unspecified atom stereocenters. The highest BCUT2D eigenvalue weighted by Crippen LogP contribution is 2.29. The molecule has 128 valence electrons. The lowest BCUT2D eigenvalue weighted by Gasteiger charge is -2.34. The lowest BCUT2D eigenvalue weighted by atomic mass is 10.3. The van der Waals surface area contributed by atoms with Crippen LogP contribution in [-0.2, 0) is 6.54 Å². The van der Waals surface area contributed by atoms with Crippen LogP contribution in [0.5, 0.6) is 0 Å². The van der Waals surface area contributed by atoms with Crippen LogP contribution in [0.3, 0.4) is 0 Å². The van der Waals surface area contributed by atoms with Crippen LogP contribution in [0.25, 0.3) is 0 Å². The minimum Gasteiger partial charge on any atom is -0.370 e. The van der Waals surface area contributed by atoms with Crippen molar-refractivity contribution in [1.82, 2.24) is 30.0 Å². The first-order valence-corrected chi connectivity index (χ1v) is 8.67. The van der Waals surface area contributed by atoms with Gasteiger partial charge in [0.25, 0.3) is 0 Å². The number of H-pyrrole nitrogens is 1. The molecule has 0 radical (unpaired) electrons. The molecule has 8 heteroatoms. The summed E-state index contributed by atoms with van der Waals surface area (Å²) in [5.41, 5.74) is 0. The van der Waals surface area contributed by atoms with Crippen LogP contribution in [0, 0.1) is 12.8 Å². The maximum Gasteiger partial charge on any atom is 0.164 e. The number of aryl methyl sites for hydroxylation is 1. The number of rotatable bonds is 6.